The number of urea groups is 1. The fourth-order valence-electron chi connectivity index (χ4n) is 2.43. The first-order valence-corrected chi connectivity index (χ1v) is 7.81. The van der Waals surface area contributed by atoms with Gasteiger partial charge in [-0.25, -0.2) is 4.79 Å². The van der Waals surface area contributed by atoms with Crippen LogP contribution in [0.15, 0.2) is 18.2 Å². The van der Waals surface area contributed by atoms with E-state index in [1.807, 2.05) is 45.9 Å². The van der Waals surface area contributed by atoms with Crippen molar-refractivity contribution in [2.24, 2.45) is 11.7 Å². The highest BCUT2D eigenvalue weighted by Gasteiger charge is 2.27. The predicted molar refractivity (Wildman–Crippen MR) is 90.3 cm³/mol. The number of benzene rings is 1. The van der Waals surface area contributed by atoms with Gasteiger partial charge in [-0.1, -0.05) is 38.0 Å². The maximum absolute atomic E-state index is 12.5. The van der Waals surface area contributed by atoms with Gasteiger partial charge in [0.25, 0.3) is 0 Å². The van der Waals surface area contributed by atoms with Gasteiger partial charge in [0.2, 0.25) is 5.91 Å². The van der Waals surface area contributed by atoms with Crippen molar-refractivity contribution >= 4 is 11.9 Å². The van der Waals surface area contributed by atoms with Crippen LogP contribution in [0.25, 0.3) is 0 Å². The molecule has 0 saturated carbocycles. The molecule has 1 rings (SSSR count). The zero-order valence-electron chi connectivity index (χ0n) is 14.5. The van der Waals surface area contributed by atoms with Crippen LogP contribution in [-0.4, -0.2) is 25.1 Å². The monoisotopic (exact) mass is 321 g/mol. The van der Waals surface area contributed by atoms with Crippen LogP contribution in [-0.2, 0) is 4.79 Å². The highest BCUT2D eigenvalue weighted by Crippen LogP contribution is 2.26. The molecule has 0 aliphatic carbocycles. The zero-order chi connectivity index (χ0) is 17.6. The third-order valence-corrected chi connectivity index (χ3v) is 4.00. The van der Waals surface area contributed by atoms with E-state index in [0.29, 0.717) is 5.75 Å². The van der Waals surface area contributed by atoms with E-state index in [9.17, 15) is 9.59 Å². The maximum Gasteiger partial charge on any atom is 0.312 e. The van der Waals surface area contributed by atoms with Gasteiger partial charge in [0, 0.05) is 5.56 Å². The summed E-state index contributed by atoms with van der Waals surface area (Å²) in [6.07, 6.45) is 0.751. The van der Waals surface area contributed by atoms with Crippen molar-refractivity contribution in [2.45, 2.75) is 46.2 Å². The molecular formula is C17H27N3O3. The van der Waals surface area contributed by atoms with E-state index in [4.69, 9.17) is 10.5 Å². The van der Waals surface area contributed by atoms with E-state index >= 15 is 0 Å². The van der Waals surface area contributed by atoms with Gasteiger partial charge >= 0.3 is 6.03 Å². The summed E-state index contributed by atoms with van der Waals surface area (Å²) in [5.41, 5.74) is 7.15. The number of ether oxygens (including phenoxy) is 1. The summed E-state index contributed by atoms with van der Waals surface area (Å²) < 4.78 is 5.36. The molecule has 0 bridgehead atoms. The van der Waals surface area contributed by atoms with Gasteiger partial charge in [0.05, 0.1) is 13.2 Å². The molecule has 1 aromatic rings. The largest absolute Gasteiger partial charge is 0.496 e. The maximum atomic E-state index is 12.5. The third-order valence-electron chi connectivity index (χ3n) is 4.00. The molecule has 0 radical (unpaired) electrons. The molecule has 23 heavy (non-hydrogen) atoms. The van der Waals surface area contributed by atoms with E-state index < -0.39 is 12.1 Å². The van der Waals surface area contributed by atoms with E-state index in [2.05, 4.69) is 10.6 Å². The van der Waals surface area contributed by atoms with E-state index in [1.54, 1.807) is 7.11 Å². The van der Waals surface area contributed by atoms with Crippen LogP contribution in [0.3, 0.4) is 0 Å². The first kappa shape index (κ1) is 18.8. The summed E-state index contributed by atoms with van der Waals surface area (Å²) >= 11 is 0. The summed E-state index contributed by atoms with van der Waals surface area (Å²) in [5.74, 6) is 0.440. The summed E-state index contributed by atoms with van der Waals surface area (Å²) in [7, 11) is 1.60. The van der Waals surface area contributed by atoms with Crippen molar-refractivity contribution in [3.63, 3.8) is 0 Å². The fraction of sp³-hybridized carbons (Fsp3) is 0.529. The molecule has 0 aliphatic rings. The molecule has 0 spiro atoms. The lowest BCUT2D eigenvalue weighted by Gasteiger charge is -2.25. The molecule has 4 N–H and O–H groups in total. The van der Waals surface area contributed by atoms with Gasteiger partial charge in [-0.3, -0.25) is 4.79 Å². The average molecular weight is 321 g/mol. The second-order valence-electron chi connectivity index (χ2n) is 5.85. The lowest BCUT2D eigenvalue weighted by Crippen LogP contribution is -2.52. The lowest BCUT2D eigenvalue weighted by molar-refractivity contribution is -0.124. The highest BCUT2D eigenvalue weighted by molar-refractivity contribution is 5.87. The second-order valence-corrected chi connectivity index (χ2v) is 5.85. The fourth-order valence-corrected chi connectivity index (χ4v) is 2.43. The van der Waals surface area contributed by atoms with Crippen molar-refractivity contribution in [2.75, 3.05) is 7.11 Å². The second kappa shape index (κ2) is 8.41. The summed E-state index contributed by atoms with van der Waals surface area (Å²) in [6.45, 7) is 7.72. The number of hydrogen-bond donors (Lipinski definition) is 3. The SMILES string of the molecule is CC[C@@H](C)[C@H](NC(N)=O)C(=O)N[C@@H](C)c1cc(C)ccc1OC. The van der Waals surface area contributed by atoms with Gasteiger partial charge in [-0.05, 0) is 25.8 Å². The molecule has 0 aliphatic heterocycles. The summed E-state index contributed by atoms with van der Waals surface area (Å²) in [6, 6.07) is 4.19. The van der Waals surface area contributed by atoms with E-state index in [0.717, 1.165) is 17.5 Å². The molecule has 6 nitrogen and oxygen atoms in total. The number of carbonyl (C=O) groups excluding carboxylic acids is 2. The number of amides is 3. The Morgan fingerprint density at radius 2 is 1.91 bits per heavy atom. The number of nitrogens with one attached hydrogen (secondary N) is 2. The average Bonchev–Trinajstić information content (AvgIpc) is 2.51. The van der Waals surface area contributed by atoms with Crippen molar-refractivity contribution in [1.82, 2.24) is 10.6 Å². The van der Waals surface area contributed by atoms with Gasteiger partial charge in [-0.15, -0.1) is 0 Å². The molecule has 0 fully saturated rings. The van der Waals surface area contributed by atoms with E-state index in [1.165, 1.54) is 0 Å². The number of primary amides is 1. The number of methoxy groups -OCH3 is 1. The van der Waals surface area contributed by atoms with E-state index in [-0.39, 0.29) is 17.9 Å². The van der Waals surface area contributed by atoms with Crippen LogP contribution < -0.4 is 21.1 Å². The smallest absolute Gasteiger partial charge is 0.312 e. The molecule has 0 unspecified atom stereocenters. The Kier molecular flexibility index (Phi) is 6.88. The van der Waals surface area contributed by atoms with Gasteiger partial charge in [0.15, 0.2) is 0 Å². The first-order valence-electron chi connectivity index (χ1n) is 7.81. The highest BCUT2D eigenvalue weighted by atomic mass is 16.5. The Hall–Kier alpha value is -2.24. The van der Waals surface area contributed by atoms with Crippen LogP contribution in [0.4, 0.5) is 4.79 Å². The standard InChI is InChI=1S/C17H27N3O3/c1-6-11(3)15(20-17(18)22)16(21)19-12(4)13-9-10(2)7-8-14(13)23-5/h7-9,11-12,15H,6H2,1-5H3,(H,19,21)(H3,18,20,22)/t11-,12+,15+/m1/s1. The van der Waals surface area contributed by atoms with Crippen molar-refractivity contribution < 1.29 is 14.3 Å². The molecule has 3 amide bonds. The minimum absolute atomic E-state index is 0.0193. The van der Waals surface area contributed by atoms with Crippen LogP contribution in [0.5, 0.6) is 5.75 Å². The minimum atomic E-state index is -0.703. The number of rotatable bonds is 7. The Morgan fingerprint density at radius 1 is 1.26 bits per heavy atom. The quantitative estimate of drug-likeness (QED) is 0.719. The zero-order valence-corrected chi connectivity index (χ0v) is 14.5. The van der Waals surface area contributed by atoms with Gasteiger partial charge < -0.3 is 21.1 Å². The Morgan fingerprint density at radius 3 is 2.43 bits per heavy atom. The Labute approximate surface area is 137 Å². The number of carbonyl (C=O) groups is 2. The minimum Gasteiger partial charge on any atom is -0.496 e. The third kappa shape index (κ3) is 5.16. The van der Waals surface area contributed by atoms with Gasteiger partial charge in [0.1, 0.15) is 11.8 Å². The summed E-state index contributed by atoms with van der Waals surface area (Å²) in [5, 5.41) is 5.45. The van der Waals surface area contributed by atoms with Gasteiger partial charge in [-0.2, -0.15) is 0 Å². The molecule has 0 aromatic heterocycles. The summed E-state index contributed by atoms with van der Waals surface area (Å²) in [4.78, 5) is 23.7. The van der Waals surface area contributed by atoms with Crippen molar-refractivity contribution in [3.05, 3.63) is 29.3 Å². The number of hydrogen-bond acceptors (Lipinski definition) is 3. The van der Waals surface area contributed by atoms with Crippen molar-refractivity contribution in [1.29, 1.82) is 0 Å². The molecule has 128 valence electrons. The molecule has 1 aromatic carbocycles. The normalized spacial score (nSPS) is 14.5. The molecule has 0 saturated heterocycles. The van der Waals surface area contributed by atoms with Crippen molar-refractivity contribution in [3.8, 4) is 5.75 Å². The molecular weight excluding hydrogens is 294 g/mol. The predicted octanol–water partition coefficient (Wildman–Crippen LogP) is 2.26. The molecule has 6 heteroatoms. The molecule has 3 atom stereocenters. The topological polar surface area (TPSA) is 93.5 Å². The van der Waals surface area contributed by atoms with Crippen LogP contribution in [0.1, 0.15) is 44.4 Å². The van der Waals surface area contributed by atoms with Crippen LogP contribution >= 0.6 is 0 Å². The number of aryl methyl sites for hydroxylation is 1. The lowest BCUT2D eigenvalue weighted by atomic mass is 9.97. The van der Waals surface area contributed by atoms with Crippen LogP contribution in [0.2, 0.25) is 0 Å². The Balaban J connectivity index is 2.93. The number of nitrogens with two attached hydrogens (primary N) is 1. The molecule has 0 heterocycles. The first-order chi connectivity index (χ1) is 10.8. The van der Waals surface area contributed by atoms with Crippen LogP contribution in [0, 0.1) is 12.8 Å². The Bertz CT molecular complexity index is 560.